The predicted octanol–water partition coefficient (Wildman–Crippen LogP) is 4.03. The standard InChI is InChI=1S/C16H23F2NO/c1-11(2)19-9-14-15(18)7-13(17)8-16(14)20-10-12-5-3-4-6-12/h7-8,11-12,19H,3-6,9-10H2,1-2H3. The van der Waals surface area contributed by atoms with E-state index in [1.807, 2.05) is 13.8 Å². The molecule has 0 heterocycles. The molecule has 1 saturated carbocycles. The maximum atomic E-state index is 13.9. The second-order valence-corrected chi connectivity index (χ2v) is 5.86. The van der Waals surface area contributed by atoms with Gasteiger partial charge in [0.15, 0.2) is 0 Å². The predicted molar refractivity (Wildman–Crippen MR) is 75.8 cm³/mol. The van der Waals surface area contributed by atoms with Crippen LogP contribution in [0.5, 0.6) is 5.75 Å². The zero-order valence-electron chi connectivity index (χ0n) is 12.2. The summed E-state index contributed by atoms with van der Waals surface area (Å²) in [5.41, 5.74) is 0.415. The molecular formula is C16H23F2NO. The highest BCUT2D eigenvalue weighted by atomic mass is 19.1. The van der Waals surface area contributed by atoms with Gasteiger partial charge in [-0.05, 0) is 18.8 Å². The topological polar surface area (TPSA) is 21.3 Å². The van der Waals surface area contributed by atoms with Crippen molar-refractivity contribution >= 4 is 0 Å². The van der Waals surface area contributed by atoms with Crippen LogP contribution in [0.2, 0.25) is 0 Å². The first-order valence-corrected chi connectivity index (χ1v) is 7.40. The Balaban J connectivity index is 2.07. The largest absolute Gasteiger partial charge is 0.493 e. The van der Waals surface area contributed by atoms with E-state index in [0.717, 1.165) is 18.9 Å². The molecule has 1 aromatic rings. The molecule has 4 heteroatoms. The molecule has 1 aliphatic carbocycles. The molecule has 0 aromatic heterocycles. The average molecular weight is 283 g/mol. The Hall–Kier alpha value is -1.16. The highest BCUT2D eigenvalue weighted by Crippen LogP contribution is 2.28. The highest BCUT2D eigenvalue weighted by molar-refractivity contribution is 5.35. The van der Waals surface area contributed by atoms with Gasteiger partial charge in [-0.1, -0.05) is 26.7 Å². The van der Waals surface area contributed by atoms with Gasteiger partial charge < -0.3 is 10.1 Å². The van der Waals surface area contributed by atoms with E-state index in [1.54, 1.807) is 0 Å². The first-order chi connectivity index (χ1) is 9.56. The molecule has 20 heavy (non-hydrogen) atoms. The molecule has 0 aliphatic heterocycles. The Labute approximate surface area is 119 Å². The Morgan fingerprint density at radius 2 is 1.95 bits per heavy atom. The smallest absolute Gasteiger partial charge is 0.134 e. The fourth-order valence-corrected chi connectivity index (χ4v) is 2.57. The van der Waals surface area contributed by atoms with Crippen LogP contribution < -0.4 is 10.1 Å². The number of hydrogen-bond donors (Lipinski definition) is 1. The molecule has 0 unspecified atom stereocenters. The van der Waals surface area contributed by atoms with Gasteiger partial charge in [-0.15, -0.1) is 0 Å². The first-order valence-electron chi connectivity index (χ1n) is 7.40. The Bertz CT molecular complexity index is 442. The molecule has 1 aromatic carbocycles. The molecule has 1 fully saturated rings. The summed E-state index contributed by atoms with van der Waals surface area (Å²) in [5, 5.41) is 3.15. The summed E-state index contributed by atoms with van der Waals surface area (Å²) in [5.74, 6) is -0.272. The molecule has 1 N–H and O–H groups in total. The summed E-state index contributed by atoms with van der Waals surface area (Å²) >= 11 is 0. The molecule has 0 saturated heterocycles. The number of hydrogen-bond acceptors (Lipinski definition) is 2. The van der Waals surface area contributed by atoms with Gasteiger partial charge in [0.25, 0.3) is 0 Å². The second-order valence-electron chi connectivity index (χ2n) is 5.86. The minimum Gasteiger partial charge on any atom is -0.493 e. The summed E-state index contributed by atoms with van der Waals surface area (Å²) in [6.45, 7) is 4.88. The van der Waals surface area contributed by atoms with Gasteiger partial charge in [-0.3, -0.25) is 0 Å². The lowest BCUT2D eigenvalue weighted by atomic mass is 10.1. The lowest BCUT2D eigenvalue weighted by molar-refractivity contribution is 0.247. The van der Waals surface area contributed by atoms with Crippen molar-refractivity contribution in [3.05, 3.63) is 29.3 Å². The van der Waals surface area contributed by atoms with Crippen molar-refractivity contribution in [3.8, 4) is 5.75 Å². The van der Waals surface area contributed by atoms with E-state index < -0.39 is 11.6 Å². The van der Waals surface area contributed by atoms with Gasteiger partial charge in [0.2, 0.25) is 0 Å². The van der Waals surface area contributed by atoms with E-state index in [0.29, 0.717) is 30.4 Å². The molecule has 2 rings (SSSR count). The summed E-state index contributed by atoms with van der Waals surface area (Å²) < 4.78 is 33.0. The molecule has 0 radical (unpaired) electrons. The molecule has 0 atom stereocenters. The number of halogens is 2. The summed E-state index contributed by atoms with van der Waals surface area (Å²) in [6, 6.07) is 2.44. The van der Waals surface area contributed by atoms with Crippen molar-refractivity contribution in [2.75, 3.05) is 6.61 Å². The van der Waals surface area contributed by atoms with Crippen LogP contribution in [-0.2, 0) is 6.54 Å². The van der Waals surface area contributed by atoms with E-state index in [1.165, 1.54) is 18.9 Å². The van der Waals surface area contributed by atoms with Crippen LogP contribution in [0.1, 0.15) is 45.1 Å². The normalized spacial score (nSPS) is 16.1. The van der Waals surface area contributed by atoms with Crippen molar-refractivity contribution in [2.45, 2.75) is 52.1 Å². The first kappa shape index (κ1) is 15.2. The lowest BCUT2D eigenvalue weighted by Gasteiger charge is -2.17. The maximum absolute atomic E-state index is 13.9. The Kier molecular flexibility index (Phi) is 5.35. The zero-order valence-corrected chi connectivity index (χ0v) is 12.2. The molecule has 0 spiro atoms. The number of rotatable bonds is 6. The Morgan fingerprint density at radius 1 is 1.25 bits per heavy atom. The Morgan fingerprint density at radius 3 is 2.60 bits per heavy atom. The fraction of sp³-hybridized carbons (Fsp3) is 0.625. The van der Waals surface area contributed by atoms with Gasteiger partial charge in [-0.25, -0.2) is 8.78 Å². The monoisotopic (exact) mass is 283 g/mol. The van der Waals surface area contributed by atoms with Crippen LogP contribution in [0.15, 0.2) is 12.1 Å². The lowest BCUT2D eigenvalue weighted by Crippen LogP contribution is -2.23. The van der Waals surface area contributed by atoms with Gasteiger partial charge >= 0.3 is 0 Å². The number of benzene rings is 1. The molecule has 0 amide bonds. The maximum Gasteiger partial charge on any atom is 0.134 e. The van der Waals surface area contributed by atoms with Crippen LogP contribution in [0.25, 0.3) is 0 Å². The zero-order chi connectivity index (χ0) is 14.5. The van der Waals surface area contributed by atoms with Crippen molar-refractivity contribution in [1.82, 2.24) is 5.32 Å². The van der Waals surface area contributed by atoms with Crippen molar-refractivity contribution in [3.63, 3.8) is 0 Å². The van der Waals surface area contributed by atoms with Crippen LogP contribution in [0.4, 0.5) is 8.78 Å². The summed E-state index contributed by atoms with van der Waals surface area (Å²) in [7, 11) is 0. The number of ether oxygens (including phenoxy) is 1. The van der Waals surface area contributed by atoms with E-state index in [2.05, 4.69) is 5.32 Å². The molecule has 2 nitrogen and oxygen atoms in total. The van der Waals surface area contributed by atoms with E-state index >= 15 is 0 Å². The third kappa shape index (κ3) is 4.17. The molecule has 1 aliphatic rings. The van der Waals surface area contributed by atoms with Gasteiger partial charge in [0, 0.05) is 30.3 Å². The van der Waals surface area contributed by atoms with Crippen molar-refractivity contribution in [1.29, 1.82) is 0 Å². The van der Waals surface area contributed by atoms with Crippen LogP contribution in [-0.4, -0.2) is 12.6 Å². The minimum atomic E-state index is -0.586. The highest BCUT2D eigenvalue weighted by Gasteiger charge is 2.18. The van der Waals surface area contributed by atoms with E-state index in [9.17, 15) is 8.78 Å². The van der Waals surface area contributed by atoms with Crippen LogP contribution >= 0.6 is 0 Å². The number of nitrogens with one attached hydrogen (secondary N) is 1. The molecule has 112 valence electrons. The summed E-state index contributed by atoms with van der Waals surface area (Å²) in [6.07, 6.45) is 4.76. The SMILES string of the molecule is CC(C)NCc1c(F)cc(F)cc1OCC1CCCC1. The van der Waals surface area contributed by atoms with Crippen molar-refractivity contribution < 1.29 is 13.5 Å². The molecular weight excluding hydrogens is 260 g/mol. The second kappa shape index (κ2) is 7.02. The third-order valence-electron chi connectivity index (χ3n) is 3.76. The average Bonchev–Trinajstić information content (AvgIpc) is 2.87. The van der Waals surface area contributed by atoms with E-state index in [4.69, 9.17) is 4.74 Å². The molecule has 0 bridgehead atoms. The summed E-state index contributed by atoms with van der Waals surface area (Å²) in [4.78, 5) is 0. The van der Waals surface area contributed by atoms with E-state index in [-0.39, 0.29) is 6.04 Å². The van der Waals surface area contributed by atoms with Crippen LogP contribution in [0, 0.1) is 17.6 Å². The van der Waals surface area contributed by atoms with Gasteiger partial charge in [-0.2, -0.15) is 0 Å². The fourth-order valence-electron chi connectivity index (χ4n) is 2.57. The van der Waals surface area contributed by atoms with Gasteiger partial charge in [0.05, 0.1) is 6.61 Å². The van der Waals surface area contributed by atoms with Crippen molar-refractivity contribution in [2.24, 2.45) is 5.92 Å². The third-order valence-corrected chi connectivity index (χ3v) is 3.76. The van der Waals surface area contributed by atoms with Gasteiger partial charge in [0.1, 0.15) is 17.4 Å². The minimum absolute atomic E-state index is 0.238. The quantitative estimate of drug-likeness (QED) is 0.851. The van der Waals surface area contributed by atoms with Crippen LogP contribution in [0.3, 0.4) is 0 Å².